The van der Waals surface area contributed by atoms with Gasteiger partial charge in [-0.3, -0.25) is 0 Å². The SMILES string of the molecule is Cc1cccc(N)c1S(=O)(=O)N(C)C(C)CO. The Morgan fingerprint density at radius 1 is 1.47 bits per heavy atom. The number of rotatable bonds is 4. The lowest BCUT2D eigenvalue weighted by molar-refractivity contribution is 0.214. The van der Waals surface area contributed by atoms with Crippen molar-refractivity contribution in [2.75, 3.05) is 19.4 Å². The van der Waals surface area contributed by atoms with E-state index in [0.717, 1.165) is 4.31 Å². The molecule has 5 nitrogen and oxygen atoms in total. The molecule has 3 N–H and O–H groups in total. The van der Waals surface area contributed by atoms with Crippen molar-refractivity contribution in [1.82, 2.24) is 4.31 Å². The summed E-state index contributed by atoms with van der Waals surface area (Å²) < 4.78 is 25.7. The summed E-state index contributed by atoms with van der Waals surface area (Å²) >= 11 is 0. The average molecular weight is 258 g/mol. The molecule has 0 bridgehead atoms. The van der Waals surface area contributed by atoms with Crippen molar-refractivity contribution in [1.29, 1.82) is 0 Å². The van der Waals surface area contributed by atoms with Crippen LogP contribution < -0.4 is 5.73 Å². The van der Waals surface area contributed by atoms with Gasteiger partial charge >= 0.3 is 0 Å². The Labute approximate surface area is 102 Å². The summed E-state index contributed by atoms with van der Waals surface area (Å²) in [6, 6.07) is 4.47. The number of aliphatic hydroxyl groups excluding tert-OH is 1. The molecule has 0 aliphatic rings. The Morgan fingerprint density at radius 2 is 2.06 bits per heavy atom. The van der Waals surface area contributed by atoms with Crippen molar-refractivity contribution in [2.45, 2.75) is 24.8 Å². The standard InChI is InChI=1S/C11H18N2O3S/c1-8-5-4-6-10(12)11(8)17(15,16)13(3)9(2)7-14/h4-6,9,14H,7,12H2,1-3H3. The van der Waals surface area contributed by atoms with Gasteiger partial charge in [-0.2, -0.15) is 4.31 Å². The molecule has 0 spiro atoms. The second kappa shape index (κ2) is 5.03. The monoisotopic (exact) mass is 258 g/mol. The fourth-order valence-electron chi connectivity index (χ4n) is 1.52. The third-order valence-electron chi connectivity index (χ3n) is 2.76. The van der Waals surface area contributed by atoms with Gasteiger partial charge in [0.25, 0.3) is 0 Å². The minimum atomic E-state index is -3.66. The van der Waals surface area contributed by atoms with Gasteiger partial charge in [0.1, 0.15) is 4.90 Å². The molecule has 0 heterocycles. The van der Waals surface area contributed by atoms with Crippen LogP contribution in [0.3, 0.4) is 0 Å². The maximum atomic E-state index is 12.3. The van der Waals surface area contributed by atoms with Crippen LogP contribution in [0.2, 0.25) is 0 Å². The highest BCUT2D eigenvalue weighted by Crippen LogP contribution is 2.26. The summed E-state index contributed by atoms with van der Waals surface area (Å²) in [6.07, 6.45) is 0. The highest BCUT2D eigenvalue weighted by atomic mass is 32.2. The second-order valence-electron chi connectivity index (χ2n) is 4.05. The predicted octanol–water partition coefficient (Wildman–Crippen LogP) is 0.579. The zero-order valence-electron chi connectivity index (χ0n) is 10.2. The van der Waals surface area contributed by atoms with E-state index in [-0.39, 0.29) is 17.2 Å². The van der Waals surface area contributed by atoms with Gasteiger partial charge in [0.05, 0.1) is 12.3 Å². The number of nitrogen functional groups attached to an aromatic ring is 1. The van der Waals surface area contributed by atoms with E-state index in [0.29, 0.717) is 5.56 Å². The van der Waals surface area contributed by atoms with Crippen LogP contribution in [0, 0.1) is 6.92 Å². The summed E-state index contributed by atoms with van der Waals surface area (Å²) in [5.74, 6) is 0. The first-order valence-electron chi connectivity index (χ1n) is 5.26. The second-order valence-corrected chi connectivity index (χ2v) is 5.98. The molecule has 1 aromatic rings. The molecule has 0 radical (unpaired) electrons. The zero-order valence-corrected chi connectivity index (χ0v) is 11.0. The fourth-order valence-corrected chi connectivity index (χ4v) is 3.19. The highest BCUT2D eigenvalue weighted by molar-refractivity contribution is 7.89. The molecule has 0 saturated heterocycles. The highest BCUT2D eigenvalue weighted by Gasteiger charge is 2.28. The number of nitrogens with two attached hydrogens (primary N) is 1. The maximum absolute atomic E-state index is 12.3. The Bertz CT molecular complexity index is 479. The van der Waals surface area contributed by atoms with Gasteiger partial charge in [0, 0.05) is 13.1 Å². The quantitative estimate of drug-likeness (QED) is 0.774. The van der Waals surface area contributed by atoms with Crippen molar-refractivity contribution in [3.63, 3.8) is 0 Å². The molecule has 96 valence electrons. The number of hydrogen-bond acceptors (Lipinski definition) is 4. The van der Waals surface area contributed by atoms with Crippen LogP contribution in [-0.2, 0) is 10.0 Å². The molecular formula is C11H18N2O3S. The normalized spacial score (nSPS) is 13.9. The summed E-state index contributed by atoms with van der Waals surface area (Å²) in [5.41, 5.74) is 6.54. The van der Waals surface area contributed by atoms with Crippen molar-refractivity contribution < 1.29 is 13.5 Å². The molecule has 0 aromatic heterocycles. The van der Waals surface area contributed by atoms with E-state index in [1.807, 2.05) is 0 Å². The first-order valence-corrected chi connectivity index (χ1v) is 6.70. The van der Waals surface area contributed by atoms with Gasteiger partial charge in [0.2, 0.25) is 10.0 Å². The molecular weight excluding hydrogens is 240 g/mol. The molecule has 17 heavy (non-hydrogen) atoms. The largest absolute Gasteiger partial charge is 0.398 e. The number of hydrogen-bond donors (Lipinski definition) is 2. The molecule has 6 heteroatoms. The van der Waals surface area contributed by atoms with Crippen LogP contribution in [0.1, 0.15) is 12.5 Å². The Hall–Kier alpha value is -1.11. The molecule has 1 atom stereocenters. The van der Waals surface area contributed by atoms with Gasteiger partial charge in [-0.15, -0.1) is 0 Å². The third kappa shape index (κ3) is 2.59. The number of anilines is 1. The van der Waals surface area contributed by atoms with E-state index in [4.69, 9.17) is 10.8 Å². The Kier molecular flexibility index (Phi) is 4.13. The van der Waals surface area contributed by atoms with E-state index in [2.05, 4.69) is 0 Å². The minimum absolute atomic E-state index is 0.114. The Morgan fingerprint density at radius 3 is 2.53 bits per heavy atom. The van der Waals surface area contributed by atoms with Crippen LogP contribution in [-0.4, -0.2) is 37.5 Å². The van der Waals surface area contributed by atoms with Crippen LogP contribution in [0.25, 0.3) is 0 Å². The number of aryl methyl sites for hydroxylation is 1. The number of likely N-dealkylation sites (N-methyl/N-ethyl adjacent to an activating group) is 1. The lowest BCUT2D eigenvalue weighted by Crippen LogP contribution is -2.37. The predicted molar refractivity (Wildman–Crippen MR) is 67.1 cm³/mol. The van der Waals surface area contributed by atoms with E-state index >= 15 is 0 Å². The first-order chi connectivity index (χ1) is 7.82. The number of nitrogens with zero attached hydrogens (tertiary/aromatic N) is 1. The first kappa shape index (κ1) is 14.0. The average Bonchev–Trinajstić information content (AvgIpc) is 2.26. The molecule has 0 amide bonds. The molecule has 1 unspecified atom stereocenters. The number of sulfonamides is 1. The molecule has 1 aromatic carbocycles. The molecule has 0 aliphatic heterocycles. The number of aliphatic hydroxyl groups is 1. The van der Waals surface area contributed by atoms with Gasteiger partial charge in [0.15, 0.2) is 0 Å². The van der Waals surface area contributed by atoms with Crippen molar-refractivity contribution in [2.24, 2.45) is 0 Å². The topological polar surface area (TPSA) is 83.6 Å². The number of benzene rings is 1. The third-order valence-corrected chi connectivity index (χ3v) is 4.96. The van der Waals surface area contributed by atoms with E-state index < -0.39 is 16.1 Å². The maximum Gasteiger partial charge on any atom is 0.245 e. The molecule has 0 saturated carbocycles. The molecule has 0 fully saturated rings. The fraction of sp³-hybridized carbons (Fsp3) is 0.455. The minimum Gasteiger partial charge on any atom is -0.398 e. The summed E-state index contributed by atoms with van der Waals surface area (Å²) in [5, 5.41) is 9.02. The van der Waals surface area contributed by atoms with Crippen LogP contribution in [0.15, 0.2) is 23.1 Å². The van der Waals surface area contributed by atoms with Gasteiger partial charge < -0.3 is 10.8 Å². The molecule has 1 rings (SSSR count). The smallest absolute Gasteiger partial charge is 0.245 e. The van der Waals surface area contributed by atoms with E-state index in [1.165, 1.54) is 7.05 Å². The lowest BCUT2D eigenvalue weighted by Gasteiger charge is -2.24. The van der Waals surface area contributed by atoms with Crippen LogP contribution >= 0.6 is 0 Å². The van der Waals surface area contributed by atoms with Crippen LogP contribution in [0.5, 0.6) is 0 Å². The van der Waals surface area contributed by atoms with Gasteiger partial charge in [-0.1, -0.05) is 12.1 Å². The zero-order chi connectivity index (χ0) is 13.2. The van der Waals surface area contributed by atoms with E-state index in [9.17, 15) is 8.42 Å². The van der Waals surface area contributed by atoms with Crippen molar-refractivity contribution in [3.8, 4) is 0 Å². The van der Waals surface area contributed by atoms with Crippen LogP contribution in [0.4, 0.5) is 5.69 Å². The molecule has 0 aliphatic carbocycles. The summed E-state index contributed by atoms with van der Waals surface area (Å²) in [6.45, 7) is 3.09. The summed E-state index contributed by atoms with van der Waals surface area (Å²) in [7, 11) is -2.23. The summed E-state index contributed by atoms with van der Waals surface area (Å²) in [4.78, 5) is 0.114. The lowest BCUT2D eigenvalue weighted by atomic mass is 10.2. The van der Waals surface area contributed by atoms with Gasteiger partial charge in [-0.25, -0.2) is 8.42 Å². The van der Waals surface area contributed by atoms with Crippen molar-refractivity contribution >= 4 is 15.7 Å². The van der Waals surface area contributed by atoms with E-state index in [1.54, 1.807) is 32.0 Å². The Balaban J connectivity index is 3.32. The van der Waals surface area contributed by atoms with Crippen molar-refractivity contribution in [3.05, 3.63) is 23.8 Å². The van der Waals surface area contributed by atoms with Gasteiger partial charge in [-0.05, 0) is 25.5 Å².